The molecule has 292 valence electrons. The molecule has 3 atom stereocenters. The van der Waals surface area contributed by atoms with Gasteiger partial charge in [0.2, 0.25) is 5.95 Å². The minimum Gasteiger partial charge on any atom is -0.484 e. The largest absolute Gasteiger partial charge is 0.484 e. The Hall–Kier alpha value is -5.14. The highest BCUT2D eigenvalue weighted by Gasteiger charge is 2.31. The van der Waals surface area contributed by atoms with Crippen molar-refractivity contribution in [3.8, 4) is 11.4 Å². The van der Waals surface area contributed by atoms with E-state index in [1.54, 1.807) is 4.68 Å². The molecule has 7 rings (SSSR count). The first-order chi connectivity index (χ1) is 26.4. The number of fused-ring (bicyclic) bond motifs is 2. The molecular formula is C41H52ClN9O4. The number of nitrogens with one attached hydrogen (secondary N) is 2. The molecule has 0 radical (unpaired) electrons. The van der Waals surface area contributed by atoms with Crippen LogP contribution < -0.4 is 20.3 Å². The second-order valence-corrected chi connectivity index (χ2v) is 16.0. The molecule has 0 saturated carbocycles. The second kappa shape index (κ2) is 17.1. The fourth-order valence-corrected chi connectivity index (χ4v) is 7.49. The van der Waals surface area contributed by atoms with Gasteiger partial charge in [0.1, 0.15) is 17.7 Å². The third-order valence-corrected chi connectivity index (χ3v) is 10.6. The van der Waals surface area contributed by atoms with E-state index in [1.165, 1.54) is 6.42 Å². The van der Waals surface area contributed by atoms with Gasteiger partial charge in [-0.15, -0.1) is 10.2 Å². The van der Waals surface area contributed by atoms with Crippen molar-refractivity contribution in [3.63, 3.8) is 0 Å². The van der Waals surface area contributed by atoms with Crippen LogP contribution in [0.1, 0.15) is 94.3 Å². The van der Waals surface area contributed by atoms with E-state index in [2.05, 4.69) is 76.5 Å². The molecular weight excluding hydrogens is 718 g/mol. The number of carbonyl (C=O) groups is 2. The standard InChI is InChI=1S/C40H50ClN9O2.CH2O2/c1-26-11-9-10-21-48(26)39-45-44-36-19-15-29(25-49(36)39)52-34-18-17-33(30-12-7-8-13-31(30)34)42-38(51)43-37-24-35(40(2,3)4)46-50(37)28-14-16-32(41)27(23-28)20-22-47(5)6;2-1-3/h7-8,12-16,19,23-26,33-34H,9-11,17-18,20-22H2,1-6H3,(H2,42,43,51);1H,(H,2,3)/t26?,33-,34+;/m0./s1. The van der Waals surface area contributed by atoms with Crippen molar-refractivity contribution in [2.75, 3.05) is 37.4 Å². The second-order valence-electron chi connectivity index (χ2n) is 15.6. The summed E-state index contributed by atoms with van der Waals surface area (Å²) in [6, 6.07) is 20.0. The summed E-state index contributed by atoms with van der Waals surface area (Å²) in [6.45, 7) is 10.2. The van der Waals surface area contributed by atoms with E-state index >= 15 is 0 Å². The van der Waals surface area contributed by atoms with Gasteiger partial charge in [-0.3, -0.25) is 14.5 Å². The van der Waals surface area contributed by atoms with Crippen LogP contribution in [0.2, 0.25) is 5.02 Å². The Morgan fingerprint density at radius 1 is 1.04 bits per heavy atom. The first kappa shape index (κ1) is 39.6. The summed E-state index contributed by atoms with van der Waals surface area (Å²) >= 11 is 6.59. The summed E-state index contributed by atoms with van der Waals surface area (Å²) in [4.78, 5) is 26.6. The number of benzene rings is 2. The van der Waals surface area contributed by atoms with E-state index in [4.69, 9.17) is 31.3 Å². The van der Waals surface area contributed by atoms with Crippen LogP contribution in [0.4, 0.5) is 16.6 Å². The lowest BCUT2D eigenvalue weighted by Crippen LogP contribution is -2.38. The molecule has 1 fully saturated rings. The number of carboxylic acid groups (broad SMARTS) is 1. The van der Waals surface area contributed by atoms with Gasteiger partial charge in [-0.05, 0) is 107 Å². The summed E-state index contributed by atoms with van der Waals surface area (Å²) in [5.41, 5.74) is 5.45. The number of pyridine rings is 1. The molecule has 0 bridgehead atoms. The molecule has 1 aliphatic carbocycles. The number of urea groups is 1. The maximum atomic E-state index is 13.7. The molecule has 13 nitrogen and oxygen atoms in total. The smallest absolute Gasteiger partial charge is 0.320 e. The van der Waals surface area contributed by atoms with E-state index in [1.807, 2.05) is 67.2 Å². The maximum Gasteiger partial charge on any atom is 0.320 e. The Morgan fingerprint density at radius 3 is 2.53 bits per heavy atom. The highest BCUT2D eigenvalue weighted by molar-refractivity contribution is 6.31. The number of hydrogen-bond acceptors (Lipinski definition) is 8. The van der Waals surface area contributed by atoms with Crippen molar-refractivity contribution in [3.05, 3.63) is 94.3 Å². The Labute approximate surface area is 327 Å². The Kier molecular flexibility index (Phi) is 12.3. The summed E-state index contributed by atoms with van der Waals surface area (Å²) < 4.78 is 10.5. The number of halogens is 1. The molecule has 2 aromatic carbocycles. The monoisotopic (exact) mass is 769 g/mol. The topological polar surface area (TPSA) is 142 Å². The van der Waals surface area contributed by atoms with Gasteiger partial charge in [-0.25, -0.2) is 9.48 Å². The van der Waals surface area contributed by atoms with Crippen LogP contribution in [-0.4, -0.2) is 80.1 Å². The first-order valence-corrected chi connectivity index (χ1v) is 19.3. The van der Waals surface area contributed by atoms with Crippen LogP contribution in [0.25, 0.3) is 11.3 Å². The lowest BCUT2D eigenvalue weighted by atomic mass is 9.85. The van der Waals surface area contributed by atoms with Crippen LogP contribution >= 0.6 is 11.6 Å². The highest BCUT2D eigenvalue weighted by Crippen LogP contribution is 2.39. The summed E-state index contributed by atoms with van der Waals surface area (Å²) in [7, 11) is 4.09. The zero-order valence-corrected chi connectivity index (χ0v) is 33.3. The van der Waals surface area contributed by atoms with E-state index in [-0.39, 0.29) is 30.1 Å². The molecule has 3 aromatic heterocycles. The van der Waals surface area contributed by atoms with Crippen molar-refractivity contribution in [1.29, 1.82) is 0 Å². The molecule has 5 aromatic rings. The zero-order chi connectivity index (χ0) is 39.3. The van der Waals surface area contributed by atoms with Crippen LogP contribution in [0.3, 0.4) is 0 Å². The minimum absolute atomic E-state index is 0.161. The molecule has 1 saturated heterocycles. The van der Waals surface area contributed by atoms with E-state index < -0.39 is 0 Å². The number of aromatic nitrogens is 5. The number of rotatable bonds is 9. The van der Waals surface area contributed by atoms with Crippen molar-refractivity contribution in [1.82, 2.24) is 34.6 Å². The lowest BCUT2D eigenvalue weighted by Gasteiger charge is -2.33. The fraction of sp³-hybridized carbons (Fsp3) is 0.439. The number of piperidine rings is 1. The quantitative estimate of drug-likeness (QED) is 0.128. The molecule has 2 aliphatic rings. The molecule has 1 aliphatic heterocycles. The summed E-state index contributed by atoms with van der Waals surface area (Å²) in [5, 5.41) is 27.9. The maximum absolute atomic E-state index is 13.7. The normalized spacial score (nSPS) is 18.3. The number of ether oxygens (including phenoxy) is 1. The number of carbonyl (C=O) groups excluding carboxylic acids is 1. The number of nitrogens with zero attached hydrogens (tertiary/aromatic N) is 7. The van der Waals surface area contributed by atoms with E-state index in [9.17, 15) is 4.79 Å². The van der Waals surface area contributed by atoms with Crippen molar-refractivity contribution in [2.45, 2.75) is 89.8 Å². The van der Waals surface area contributed by atoms with Crippen LogP contribution in [0.15, 0.2) is 66.9 Å². The number of likely N-dealkylation sites (N-methyl/N-ethyl adjacent to an activating group) is 1. The lowest BCUT2D eigenvalue weighted by molar-refractivity contribution is -0.122. The molecule has 14 heteroatoms. The molecule has 3 N–H and O–H groups in total. The summed E-state index contributed by atoms with van der Waals surface area (Å²) in [6.07, 6.45) is 7.66. The average molecular weight is 770 g/mol. The summed E-state index contributed by atoms with van der Waals surface area (Å²) in [5.74, 6) is 2.22. The number of anilines is 2. The Bertz CT molecular complexity index is 2110. The van der Waals surface area contributed by atoms with Crippen molar-refractivity contribution >= 4 is 41.5 Å². The predicted molar refractivity (Wildman–Crippen MR) is 216 cm³/mol. The van der Waals surface area contributed by atoms with Crippen molar-refractivity contribution < 1.29 is 19.4 Å². The van der Waals surface area contributed by atoms with Gasteiger partial charge in [0.15, 0.2) is 5.65 Å². The van der Waals surface area contributed by atoms with Crippen LogP contribution in [-0.2, 0) is 16.6 Å². The number of amides is 2. The van der Waals surface area contributed by atoms with Crippen molar-refractivity contribution in [2.24, 2.45) is 0 Å². The average Bonchev–Trinajstić information content (AvgIpc) is 3.77. The van der Waals surface area contributed by atoms with Gasteiger partial charge in [0, 0.05) is 35.6 Å². The first-order valence-electron chi connectivity index (χ1n) is 18.9. The van der Waals surface area contributed by atoms with Gasteiger partial charge < -0.3 is 25.0 Å². The predicted octanol–water partition coefficient (Wildman–Crippen LogP) is 7.83. The zero-order valence-electron chi connectivity index (χ0n) is 32.5. The number of hydrogen-bond donors (Lipinski definition) is 3. The molecule has 55 heavy (non-hydrogen) atoms. The fourth-order valence-electron chi connectivity index (χ4n) is 7.28. The Morgan fingerprint density at radius 2 is 1.80 bits per heavy atom. The van der Waals surface area contributed by atoms with Gasteiger partial charge >= 0.3 is 6.03 Å². The van der Waals surface area contributed by atoms with Gasteiger partial charge in [-0.2, -0.15) is 5.10 Å². The van der Waals surface area contributed by atoms with E-state index in [0.29, 0.717) is 11.9 Å². The van der Waals surface area contributed by atoms with E-state index in [0.717, 1.165) is 95.6 Å². The van der Waals surface area contributed by atoms with Crippen LogP contribution in [0.5, 0.6) is 5.75 Å². The van der Waals surface area contributed by atoms with Gasteiger partial charge in [-0.1, -0.05) is 56.6 Å². The molecule has 0 spiro atoms. The van der Waals surface area contributed by atoms with Gasteiger partial charge in [0.25, 0.3) is 6.47 Å². The van der Waals surface area contributed by atoms with Gasteiger partial charge in [0.05, 0.1) is 23.6 Å². The minimum atomic E-state index is -0.292. The third kappa shape index (κ3) is 9.22. The Balaban J connectivity index is 0.00000166. The molecule has 2 amide bonds. The SMILES string of the molecule is CC1CCCCN1c1nnc2ccc(O[C@@H]3CC[C@H](NC(=O)Nc4cc(C(C)(C)C)nn4-c4ccc(Cl)c(CCN(C)C)c4)c4ccccc43)cn12.O=CO. The molecule has 1 unspecified atom stereocenters. The molecule has 4 heterocycles. The highest BCUT2D eigenvalue weighted by atomic mass is 35.5. The van der Waals surface area contributed by atoms with Crippen LogP contribution in [0, 0.1) is 0 Å². The third-order valence-electron chi connectivity index (χ3n) is 10.3.